The van der Waals surface area contributed by atoms with Gasteiger partial charge in [0.25, 0.3) is 5.56 Å². The Morgan fingerprint density at radius 2 is 2.09 bits per heavy atom. The van der Waals surface area contributed by atoms with Gasteiger partial charge in [-0.05, 0) is 25.1 Å². The van der Waals surface area contributed by atoms with Crippen molar-refractivity contribution in [3.05, 3.63) is 87.8 Å². The van der Waals surface area contributed by atoms with Crippen LogP contribution < -0.4 is 15.6 Å². The molecule has 2 N–H and O–H groups in total. The van der Waals surface area contributed by atoms with Gasteiger partial charge in [-0.3, -0.25) is 9.78 Å². The Hall–Kier alpha value is -3.76. The molecule has 0 spiro atoms. The average molecular weight is 471 g/mol. The highest BCUT2D eigenvalue weighted by molar-refractivity contribution is 6.29. The van der Waals surface area contributed by atoms with Crippen LogP contribution >= 0.6 is 11.6 Å². The number of aliphatic hydroxyl groups excluding tert-OH is 1. The second kappa shape index (κ2) is 9.39. The zero-order chi connectivity index (χ0) is 23.5. The number of halogens is 2. The van der Waals surface area contributed by atoms with Crippen LogP contribution in [0.3, 0.4) is 0 Å². The maximum atomic E-state index is 13.6. The van der Waals surface area contributed by atoms with Gasteiger partial charge >= 0.3 is 0 Å². The van der Waals surface area contributed by atoms with Crippen LogP contribution in [0.5, 0.6) is 5.75 Å². The molecule has 33 heavy (non-hydrogen) atoms. The van der Waals surface area contributed by atoms with Crippen LogP contribution in [0, 0.1) is 12.7 Å². The van der Waals surface area contributed by atoms with Crippen molar-refractivity contribution >= 4 is 23.0 Å². The molecule has 0 unspecified atom stereocenters. The number of hydrogen-bond acceptors (Lipinski definition) is 7. The summed E-state index contributed by atoms with van der Waals surface area (Å²) in [6.07, 6.45) is 5.93. The van der Waals surface area contributed by atoms with Gasteiger partial charge in [-0.1, -0.05) is 11.6 Å². The van der Waals surface area contributed by atoms with E-state index < -0.39 is 24.0 Å². The number of pyridine rings is 1. The number of ether oxygens (including phenoxy) is 1. The van der Waals surface area contributed by atoms with Crippen molar-refractivity contribution in [2.45, 2.75) is 13.0 Å². The predicted molar refractivity (Wildman–Crippen MR) is 121 cm³/mol. The Bertz CT molecular complexity index is 1360. The fourth-order valence-electron chi connectivity index (χ4n) is 3.39. The van der Waals surface area contributed by atoms with Crippen molar-refractivity contribution in [1.29, 1.82) is 0 Å². The molecule has 3 aromatic heterocycles. The number of imidazole rings is 1. The number of benzene rings is 1. The highest BCUT2D eigenvalue weighted by Crippen LogP contribution is 2.28. The van der Waals surface area contributed by atoms with Gasteiger partial charge in [0.1, 0.15) is 23.3 Å². The molecule has 0 aliphatic heterocycles. The smallest absolute Gasteiger partial charge is 0.291 e. The molecule has 0 bridgehead atoms. The van der Waals surface area contributed by atoms with Gasteiger partial charge in [0.15, 0.2) is 5.15 Å². The third kappa shape index (κ3) is 4.71. The molecule has 11 heteroatoms. The SMILES string of the molecule is COc1cc(Nc2cc(Cl)nn([C@@H](CO)c3cncc(F)c3)c2=O)ccc1-n1cnc(C)c1. The Labute approximate surface area is 193 Å². The summed E-state index contributed by atoms with van der Waals surface area (Å²) in [6, 6.07) is 6.89. The molecule has 0 saturated heterocycles. The van der Waals surface area contributed by atoms with E-state index in [0.717, 1.165) is 22.3 Å². The normalized spacial score (nSPS) is 11.9. The Morgan fingerprint density at radius 1 is 1.27 bits per heavy atom. The largest absolute Gasteiger partial charge is 0.494 e. The lowest BCUT2D eigenvalue weighted by Gasteiger charge is -2.18. The number of aryl methyl sites for hydroxylation is 1. The van der Waals surface area contributed by atoms with E-state index in [1.807, 2.05) is 23.8 Å². The molecule has 3 heterocycles. The topological polar surface area (TPSA) is 107 Å². The molecule has 9 nitrogen and oxygen atoms in total. The Morgan fingerprint density at radius 3 is 2.76 bits per heavy atom. The molecule has 170 valence electrons. The lowest BCUT2D eigenvalue weighted by Crippen LogP contribution is -2.31. The van der Waals surface area contributed by atoms with Crippen molar-refractivity contribution in [1.82, 2.24) is 24.3 Å². The van der Waals surface area contributed by atoms with Gasteiger partial charge in [0.2, 0.25) is 0 Å². The van der Waals surface area contributed by atoms with E-state index in [0.29, 0.717) is 11.4 Å². The standard InChI is InChI=1S/C22H20ClFN6O3/c1-13-10-29(12-26-13)18-4-3-16(6-20(18)33-2)27-17-7-21(23)28-30(22(17)32)19(11-31)14-5-15(24)9-25-8-14/h3-10,12,19,27,31H,11H2,1-2H3/t19-/m0/s1. The highest BCUT2D eigenvalue weighted by atomic mass is 35.5. The van der Waals surface area contributed by atoms with Gasteiger partial charge in [-0.25, -0.2) is 14.1 Å². The fourth-order valence-corrected chi connectivity index (χ4v) is 3.58. The van der Waals surface area contributed by atoms with Gasteiger partial charge in [-0.15, -0.1) is 0 Å². The fraction of sp³-hybridized carbons (Fsp3) is 0.182. The van der Waals surface area contributed by atoms with Crippen molar-refractivity contribution in [2.24, 2.45) is 0 Å². The van der Waals surface area contributed by atoms with Crippen molar-refractivity contribution in [3.63, 3.8) is 0 Å². The van der Waals surface area contributed by atoms with Crippen molar-refractivity contribution in [2.75, 3.05) is 19.0 Å². The second-order valence-electron chi connectivity index (χ2n) is 7.20. The molecule has 0 saturated carbocycles. The molecule has 1 aromatic carbocycles. The van der Waals surface area contributed by atoms with E-state index in [9.17, 15) is 14.3 Å². The number of anilines is 2. The molecule has 4 rings (SSSR count). The van der Waals surface area contributed by atoms with Crippen LogP contribution in [0.2, 0.25) is 5.15 Å². The number of hydrogen-bond donors (Lipinski definition) is 2. The van der Waals surface area contributed by atoms with E-state index in [1.165, 1.54) is 18.3 Å². The van der Waals surface area contributed by atoms with Crippen LogP contribution in [-0.4, -0.2) is 43.1 Å². The molecule has 4 aromatic rings. The lowest BCUT2D eigenvalue weighted by molar-refractivity contribution is 0.236. The third-order valence-corrected chi connectivity index (χ3v) is 5.12. The van der Waals surface area contributed by atoms with Crippen LogP contribution in [-0.2, 0) is 0 Å². The van der Waals surface area contributed by atoms with Crippen LogP contribution in [0.4, 0.5) is 15.8 Å². The summed E-state index contributed by atoms with van der Waals surface area (Å²) in [4.78, 5) is 21.1. The number of rotatable bonds is 7. The monoisotopic (exact) mass is 470 g/mol. The summed E-state index contributed by atoms with van der Waals surface area (Å²) >= 11 is 6.16. The summed E-state index contributed by atoms with van der Waals surface area (Å²) in [5.74, 6) is -0.0448. The van der Waals surface area contributed by atoms with Crippen molar-refractivity contribution in [3.8, 4) is 11.4 Å². The summed E-state index contributed by atoms with van der Waals surface area (Å²) in [7, 11) is 1.54. The summed E-state index contributed by atoms with van der Waals surface area (Å²) in [5.41, 5.74) is 2.03. The predicted octanol–water partition coefficient (Wildman–Crippen LogP) is 3.26. The lowest BCUT2D eigenvalue weighted by atomic mass is 10.1. The third-order valence-electron chi connectivity index (χ3n) is 4.93. The van der Waals surface area contributed by atoms with Gasteiger partial charge in [0.05, 0.1) is 37.6 Å². The van der Waals surface area contributed by atoms with E-state index >= 15 is 0 Å². The van der Waals surface area contributed by atoms with E-state index in [1.54, 1.807) is 25.6 Å². The van der Waals surface area contributed by atoms with Gasteiger partial charge < -0.3 is 19.7 Å². The Balaban J connectivity index is 1.71. The molecule has 0 radical (unpaired) electrons. The zero-order valence-electron chi connectivity index (χ0n) is 17.7. The van der Waals surface area contributed by atoms with E-state index in [2.05, 4.69) is 20.4 Å². The number of nitrogens with zero attached hydrogens (tertiary/aromatic N) is 5. The molecule has 0 amide bonds. The molecular formula is C22H20ClFN6O3. The first kappa shape index (κ1) is 22.4. The molecule has 1 atom stereocenters. The maximum Gasteiger partial charge on any atom is 0.291 e. The molecule has 0 fully saturated rings. The molecule has 0 aliphatic rings. The van der Waals surface area contributed by atoms with Crippen molar-refractivity contribution < 1.29 is 14.2 Å². The van der Waals surface area contributed by atoms with Crippen LogP contribution in [0.15, 0.2) is 60.0 Å². The first-order valence-corrected chi connectivity index (χ1v) is 10.2. The molecule has 0 aliphatic carbocycles. The minimum Gasteiger partial charge on any atom is -0.494 e. The highest BCUT2D eigenvalue weighted by Gasteiger charge is 2.20. The number of methoxy groups -OCH3 is 1. The minimum atomic E-state index is -0.971. The summed E-state index contributed by atoms with van der Waals surface area (Å²) in [5, 5.41) is 16.9. The number of aromatic nitrogens is 5. The zero-order valence-corrected chi connectivity index (χ0v) is 18.5. The summed E-state index contributed by atoms with van der Waals surface area (Å²) in [6.45, 7) is 1.38. The quantitative estimate of drug-likeness (QED) is 0.427. The van der Waals surface area contributed by atoms with Gasteiger partial charge in [-0.2, -0.15) is 5.10 Å². The second-order valence-corrected chi connectivity index (χ2v) is 7.59. The number of aliphatic hydroxyl groups is 1. The van der Waals surface area contributed by atoms with E-state index in [-0.39, 0.29) is 16.4 Å². The Kier molecular flexibility index (Phi) is 6.38. The van der Waals surface area contributed by atoms with Crippen LogP contribution in [0.1, 0.15) is 17.3 Å². The molecular weight excluding hydrogens is 451 g/mol. The maximum absolute atomic E-state index is 13.6. The first-order chi connectivity index (χ1) is 15.9. The first-order valence-electron chi connectivity index (χ1n) is 9.86. The minimum absolute atomic E-state index is 0.0115. The van der Waals surface area contributed by atoms with Gasteiger partial charge in [0, 0.05) is 35.8 Å². The van der Waals surface area contributed by atoms with Crippen LogP contribution in [0.25, 0.3) is 5.69 Å². The summed E-state index contributed by atoms with van der Waals surface area (Å²) < 4.78 is 22.0. The average Bonchev–Trinajstić information content (AvgIpc) is 3.23. The number of nitrogens with one attached hydrogen (secondary N) is 1. The van der Waals surface area contributed by atoms with E-state index in [4.69, 9.17) is 16.3 Å².